The quantitative estimate of drug-likeness (QED) is 0.427. The van der Waals surface area contributed by atoms with E-state index in [0.717, 1.165) is 22.3 Å². The number of aryl methyl sites for hydroxylation is 4. The van der Waals surface area contributed by atoms with Gasteiger partial charge in [-0.25, -0.2) is 9.59 Å². The zero-order valence-electron chi connectivity index (χ0n) is 17.3. The fraction of sp³-hybridized carbons (Fsp3) is 0.200. The molecule has 0 saturated heterocycles. The summed E-state index contributed by atoms with van der Waals surface area (Å²) in [4.78, 5) is 25.7. The van der Waals surface area contributed by atoms with E-state index in [9.17, 15) is 9.59 Å². The van der Waals surface area contributed by atoms with Gasteiger partial charge in [0, 0.05) is 0 Å². The highest BCUT2D eigenvalue weighted by atomic mass is 16.5. The van der Waals surface area contributed by atoms with Crippen molar-refractivity contribution in [2.24, 2.45) is 0 Å². The molecule has 0 aliphatic rings. The van der Waals surface area contributed by atoms with Crippen LogP contribution < -0.4 is 9.47 Å². The lowest BCUT2D eigenvalue weighted by atomic mass is 9.93. The van der Waals surface area contributed by atoms with E-state index < -0.39 is 11.9 Å². The SMILES string of the molecule is Cc1ccc(OC(=O)c2c(C)cc(C)c(C(=O)Oc3ccc(C)cc3)c2C)cc1. The molecule has 0 aliphatic carbocycles. The number of ether oxygens (including phenoxy) is 2. The number of carbonyl (C=O) groups excluding carboxylic acids is 2. The summed E-state index contributed by atoms with van der Waals surface area (Å²) in [5.74, 6) is -0.0611. The highest BCUT2D eigenvalue weighted by Crippen LogP contribution is 2.26. The monoisotopic (exact) mass is 388 g/mol. The topological polar surface area (TPSA) is 52.6 Å². The van der Waals surface area contributed by atoms with Crippen molar-refractivity contribution < 1.29 is 19.1 Å². The highest BCUT2D eigenvalue weighted by Gasteiger charge is 2.23. The first-order valence-corrected chi connectivity index (χ1v) is 9.44. The molecule has 0 amide bonds. The lowest BCUT2D eigenvalue weighted by molar-refractivity contribution is 0.0732. The summed E-state index contributed by atoms with van der Waals surface area (Å²) in [6.45, 7) is 9.34. The maximum atomic E-state index is 12.8. The molecule has 3 aromatic carbocycles. The number of hydrogen-bond donors (Lipinski definition) is 0. The van der Waals surface area contributed by atoms with Crippen LogP contribution in [0.15, 0.2) is 54.6 Å². The Morgan fingerprint density at radius 1 is 0.586 bits per heavy atom. The molecule has 4 nitrogen and oxygen atoms in total. The normalized spacial score (nSPS) is 10.5. The summed E-state index contributed by atoms with van der Waals surface area (Å²) in [5.41, 5.74) is 4.98. The van der Waals surface area contributed by atoms with Crippen LogP contribution in [-0.2, 0) is 0 Å². The third-order valence-electron chi connectivity index (χ3n) is 4.84. The summed E-state index contributed by atoms with van der Waals surface area (Å²) in [6, 6.07) is 16.3. The summed E-state index contributed by atoms with van der Waals surface area (Å²) < 4.78 is 11.1. The molecule has 0 bridgehead atoms. The van der Waals surface area contributed by atoms with Gasteiger partial charge < -0.3 is 9.47 Å². The van der Waals surface area contributed by atoms with Gasteiger partial charge in [0.2, 0.25) is 0 Å². The lowest BCUT2D eigenvalue weighted by Crippen LogP contribution is -2.18. The zero-order valence-corrected chi connectivity index (χ0v) is 17.3. The van der Waals surface area contributed by atoms with E-state index in [1.54, 1.807) is 31.2 Å². The van der Waals surface area contributed by atoms with Gasteiger partial charge in [0.25, 0.3) is 0 Å². The molecule has 0 N–H and O–H groups in total. The second-order valence-electron chi connectivity index (χ2n) is 7.29. The van der Waals surface area contributed by atoms with Gasteiger partial charge in [-0.2, -0.15) is 0 Å². The van der Waals surface area contributed by atoms with Crippen LogP contribution in [0.4, 0.5) is 0 Å². The van der Waals surface area contributed by atoms with Crippen molar-refractivity contribution >= 4 is 11.9 Å². The van der Waals surface area contributed by atoms with Gasteiger partial charge >= 0.3 is 11.9 Å². The van der Waals surface area contributed by atoms with Crippen molar-refractivity contribution in [2.45, 2.75) is 34.6 Å². The van der Waals surface area contributed by atoms with Gasteiger partial charge in [-0.05, 0) is 75.6 Å². The van der Waals surface area contributed by atoms with Gasteiger partial charge in [-0.3, -0.25) is 0 Å². The molecule has 0 heterocycles. The molecule has 4 heteroatoms. The van der Waals surface area contributed by atoms with Crippen molar-refractivity contribution in [3.63, 3.8) is 0 Å². The molecule has 3 aromatic rings. The third-order valence-corrected chi connectivity index (χ3v) is 4.84. The molecular weight excluding hydrogens is 364 g/mol. The number of carbonyl (C=O) groups is 2. The molecule has 0 fully saturated rings. The molecule has 148 valence electrons. The van der Waals surface area contributed by atoms with E-state index in [-0.39, 0.29) is 0 Å². The van der Waals surface area contributed by atoms with Crippen LogP contribution in [0, 0.1) is 34.6 Å². The first-order chi connectivity index (χ1) is 13.8. The maximum absolute atomic E-state index is 12.8. The number of hydrogen-bond acceptors (Lipinski definition) is 4. The Kier molecular flexibility index (Phi) is 5.83. The molecule has 0 atom stereocenters. The van der Waals surface area contributed by atoms with Gasteiger partial charge in [-0.15, -0.1) is 0 Å². The van der Waals surface area contributed by atoms with Crippen molar-refractivity contribution in [1.82, 2.24) is 0 Å². The minimum Gasteiger partial charge on any atom is -0.423 e. The van der Waals surface area contributed by atoms with E-state index in [0.29, 0.717) is 28.2 Å². The van der Waals surface area contributed by atoms with Gasteiger partial charge in [0.15, 0.2) is 0 Å². The van der Waals surface area contributed by atoms with Gasteiger partial charge in [-0.1, -0.05) is 41.5 Å². The predicted molar refractivity (Wildman–Crippen MR) is 113 cm³/mol. The Balaban J connectivity index is 1.92. The number of esters is 2. The van der Waals surface area contributed by atoms with E-state index in [1.165, 1.54) is 0 Å². The van der Waals surface area contributed by atoms with E-state index in [4.69, 9.17) is 9.47 Å². The average molecular weight is 388 g/mol. The van der Waals surface area contributed by atoms with E-state index >= 15 is 0 Å². The van der Waals surface area contributed by atoms with Crippen LogP contribution in [0.3, 0.4) is 0 Å². The number of benzene rings is 3. The van der Waals surface area contributed by atoms with Crippen molar-refractivity contribution in [2.75, 3.05) is 0 Å². The summed E-state index contributed by atoms with van der Waals surface area (Å²) >= 11 is 0. The van der Waals surface area contributed by atoms with E-state index in [1.807, 2.05) is 58.0 Å². The van der Waals surface area contributed by atoms with Crippen LogP contribution >= 0.6 is 0 Å². The largest absolute Gasteiger partial charge is 0.423 e. The molecular formula is C25H24O4. The van der Waals surface area contributed by atoms with Crippen LogP contribution in [-0.4, -0.2) is 11.9 Å². The minimum atomic E-state index is -0.492. The zero-order chi connectivity index (χ0) is 21.1. The Morgan fingerprint density at radius 3 is 1.28 bits per heavy atom. The standard InChI is InChI=1S/C25H24O4/c1-15-6-10-20(11-7-15)28-24(26)22-17(3)14-18(4)23(19(22)5)25(27)29-21-12-8-16(2)9-13-21/h6-14H,1-5H3. The Labute approximate surface area is 171 Å². The van der Waals surface area contributed by atoms with Crippen molar-refractivity contribution in [3.8, 4) is 11.5 Å². The van der Waals surface area contributed by atoms with Gasteiger partial charge in [0.1, 0.15) is 11.5 Å². The predicted octanol–water partition coefficient (Wildman–Crippen LogP) is 5.67. The molecule has 0 aliphatic heterocycles. The third kappa shape index (κ3) is 4.54. The summed E-state index contributed by atoms with van der Waals surface area (Å²) in [6.07, 6.45) is 0. The van der Waals surface area contributed by atoms with Crippen molar-refractivity contribution in [3.05, 3.63) is 93.5 Å². The molecule has 0 aromatic heterocycles. The summed E-state index contributed by atoms with van der Waals surface area (Å²) in [5, 5.41) is 0. The fourth-order valence-corrected chi connectivity index (χ4v) is 3.34. The molecule has 0 spiro atoms. The van der Waals surface area contributed by atoms with Crippen LogP contribution in [0.25, 0.3) is 0 Å². The van der Waals surface area contributed by atoms with Crippen LogP contribution in [0.1, 0.15) is 48.5 Å². The Hall–Kier alpha value is -3.40. The molecule has 0 radical (unpaired) electrons. The molecule has 0 unspecified atom stereocenters. The molecule has 29 heavy (non-hydrogen) atoms. The van der Waals surface area contributed by atoms with Crippen molar-refractivity contribution in [1.29, 1.82) is 0 Å². The number of rotatable bonds is 4. The maximum Gasteiger partial charge on any atom is 0.344 e. The molecule has 0 saturated carbocycles. The van der Waals surface area contributed by atoms with Gasteiger partial charge in [0.05, 0.1) is 11.1 Å². The second-order valence-corrected chi connectivity index (χ2v) is 7.29. The fourth-order valence-electron chi connectivity index (χ4n) is 3.34. The summed E-state index contributed by atoms with van der Waals surface area (Å²) in [7, 11) is 0. The average Bonchev–Trinajstić information content (AvgIpc) is 2.65. The first kappa shape index (κ1) is 20.3. The minimum absolute atomic E-state index is 0.382. The second kappa shape index (κ2) is 8.31. The highest BCUT2D eigenvalue weighted by molar-refractivity contribution is 6.01. The lowest BCUT2D eigenvalue weighted by Gasteiger charge is -2.16. The Bertz CT molecular complexity index is 978. The van der Waals surface area contributed by atoms with Crippen LogP contribution in [0.5, 0.6) is 11.5 Å². The smallest absolute Gasteiger partial charge is 0.344 e. The van der Waals surface area contributed by atoms with E-state index in [2.05, 4.69) is 0 Å². The van der Waals surface area contributed by atoms with Crippen LogP contribution in [0.2, 0.25) is 0 Å². The Morgan fingerprint density at radius 2 is 0.931 bits per heavy atom. The first-order valence-electron chi connectivity index (χ1n) is 9.44. The molecule has 3 rings (SSSR count).